The van der Waals surface area contributed by atoms with Crippen LogP contribution in [-0.4, -0.2) is 10.9 Å². The highest BCUT2D eigenvalue weighted by molar-refractivity contribution is 5.72. The Hall–Kier alpha value is -1.25. The lowest BCUT2D eigenvalue weighted by Crippen LogP contribution is -2.56. The average molecular weight is 372 g/mol. The van der Waals surface area contributed by atoms with Gasteiger partial charge in [0.1, 0.15) is 0 Å². The van der Waals surface area contributed by atoms with Crippen molar-refractivity contribution in [3.63, 3.8) is 0 Å². The highest BCUT2D eigenvalue weighted by Crippen LogP contribution is 2.73. The van der Waals surface area contributed by atoms with Crippen LogP contribution in [-0.2, 0) is 0 Å². The van der Waals surface area contributed by atoms with Gasteiger partial charge in [-0.3, -0.25) is 4.98 Å². The van der Waals surface area contributed by atoms with E-state index in [1.54, 1.807) is 0 Å². The molecular weight excluding hydrogens is 340 g/mol. The minimum atomic E-state index is -2.46. The summed E-state index contributed by atoms with van der Waals surface area (Å²) in [5.74, 6) is -1.26. The molecule has 0 aromatic carbocycles. The summed E-state index contributed by atoms with van der Waals surface area (Å²) in [5.41, 5.74) is 2.83. The summed E-state index contributed by atoms with van der Waals surface area (Å²) in [6.45, 7) is 7.08. The van der Waals surface area contributed by atoms with Gasteiger partial charge in [-0.15, -0.1) is 0 Å². The average Bonchev–Trinajstić information content (AvgIpc) is 3.08. The molecule has 0 aliphatic heterocycles. The van der Waals surface area contributed by atoms with E-state index < -0.39 is 5.92 Å². The van der Waals surface area contributed by atoms with Crippen molar-refractivity contribution >= 4 is 5.57 Å². The summed E-state index contributed by atoms with van der Waals surface area (Å²) < 4.78 is 28.8. The zero-order valence-electron chi connectivity index (χ0n) is 16.8. The first-order chi connectivity index (χ1) is 12.7. The Labute approximate surface area is 161 Å². The second kappa shape index (κ2) is 5.42. The zero-order chi connectivity index (χ0) is 19.1. The first kappa shape index (κ1) is 17.8. The first-order valence-corrected chi connectivity index (χ1v) is 10.7. The van der Waals surface area contributed by atoms with Crippen LogP contribution in [0.5, 0.6) is 0 Å². The third-order valence-corrected chi connectivity index (χ3v) is 9.40. The van der Waals surface area contributed by atoms with Gasteiger partial charge in [-0.1, -0.05) is 32.9 Å². The van der Waals surface area contributed by atoms with Crippen molar-refractivity contribution in [1.82, 2.24) is 4.98 Å². The molecule has 4 aliphatic rings. The van der Waals surface area contributed by atoms with Crippen LogP contribution in [0.2, 0.25) is 0 Å². The maximum Gasteiger partial charge on any atom is 0.249 e. The van der Waals surface area contributed by atoms with Gasteiger partial charge >= 0.3 is 0 Å². The molecule has 1 nitrogen and oxygen atoms in total. The van der Waals surface area contributed by atoms with Gasteiger partial charge in [0.2, 0.25) is 5.92 Å². The lowest BCUT2D eigenvalue weighted by molar-refractivity contribution is -0.132. The van der Waals surface area contributed by atoms with E-state index in [0.717, 1.165) is 32.1 Å². The quantitative estimate of drug-likeness (QED) is 0.532. The molecule has 1 aromatic heterocycles. The van der Waals surface area contributed by atoms with Crippen LogP contribution in [0, 0.1) is 34.0 Å². The Morgan fingerprint density at radius 1 is 1.04 bits per heavy atom. The maximum atomic E-state index is 14.4. The van der Waals surface area contributed by atoms with Crippen molar-refractivity contribution in [2.24, 2.45) is 34.0 Å². The molecule has 6 atom stereocenters. The van der Waals surface area contributed by atoms with Gasteiger partial charge in [0, 0.05) is 25.2 Å². The SMILES string of the molecule is CC12CCC3C4(C)CC(F)(F)CC4CCC3(C)C1CC=C2c1cccnc1. The molecule has 146 valence electrons. The van der Waals surface area contributed by atoms with Crippen molar-refractivity contribution in [1.29, 1.82) is 0 Å². The van der Waals surface area contributed by atoms with Crippen molar-refractivity contribution < 1.29 is 8.78 Å². The van der Waals surface area contributed by atoms with E-state index in [2.05, 4.69) is 37.9 Å². The van der Waals surface area contributed by atoms with Crippen LogP contribution in [0.15, 0.2) is 30.6 Å². The Morgan fingerprint density at radius 3 is 2.59 bits per heavy atom. The second-order valence-electron chi connectivity index (χ2n) is 10.6. The number of nitrogens with zero attached hydrogens (tertiary/aromatic N) is 1. The number of hydrogen-bond donors (Lipinski definition) is 0. The molecule has 0 saturated heterocycles. The Morgan fingerprint density at radius 2 is 1.85 bits per heavy atom. The van der Waals surface area contributed by atoms with Crippen molar-refractivity contribution in [3.8, 4) is 0 Å². The molecule has 1 heterocycles. The van der Waals surface area contributed by atoms with Crippen molar-refractivity contribution in [2.75, 3.05) is 0 Å². The van der Waals surface area contributed by atoms with Crippen LogP contribution < -0.4 is 0 Å². The lowest BCUT2D eigenvalue weighted by atomic mass is 9.41. The number of aromatic nitrogens is 1. The van der Waals surface area contributed by atoms with E-state index in [4.69, 9.17) is 0 Å². The largest absolute Gasteiger partial charge is 0.264 e. The fourth-order valence-corrected chi connectivity index (χ4v) is 8.33. The predicted molar refractivity (Wildman–Crippen MR) is 104 cm³/mol. The monoisotopic (exact) mass is 371 g/mol. The van der Waals surface area contributed by atoms with Gasteiger partial charge in [-0.25, -0.2) is 8.78 Å². The molecule has 27 heavy (non-hydrogen) atoms. The molecular formula is C24H31F2N. The standard InChI is InChI=1S/C24H31F2N/c1-21-11-9-20-22(2,10-8-17-13-24(25,26)15-23(17,20)3)19(21)7-6-18(21)16-5-4-12-27-14-16/h4-6,12,14,17,19-20H,7-11,13,15H2,1-3H3. The van der Waals surface area contributed by atoms with Crippen LogP contribution in [0.4, 0.5) is 8.78 Å². The molecule has 3 fully saturated rings. The molecule has 1 aromatic rings. The van der Waals surface area contributed by atoms with Gasteiger partial charge in [-0.2, -0.15) is 0 Å². The van der Waals surface area contributed by atoms with Crippen LogP contribution in [0.3, 0.4) is 0 Å². The van der Waals surface area contributed by atoms with E-state index in [1.807, 2.05) is 18.5 Å². The van der Waals surface area contributed by atoms with E-state index in [9.17, 15) is 8.78 Å². The Balaban J connectivity index is 1.51. The highest BCUT2D eigenvalue weighted by Gasteiger charge is 2.67. The number of allylic oxidation sites excluding steroid dienone is 2. The molecule has 0 radical (unpaired) electrons. The third kappa shape index (κ3) is 2.29. The topological polar surface area (TPSA) is 12.9 Å². The molecule has 6 unspecified atom stereocenters. The van der Waals surface area contributed by atoms with E-state index in [0.29, 0.717) is 11.8 Å². The summed E-state index contributed by atoms with van der Waals surface area (Å²) in [5, 5.41) is 0. The Kier molecular flexibility index (Phi) is 3.58. The molecule has 0 spiro atoms. The summed E-state index contributed by atoms with van der Waals surface area (Å²) in [7, 11) is 0. The third-order valence-electron chi connectivity index (χ3n) is 9.40. The smallest absolute Gasteiger partial charge is 0.249 e. The maximum absolute atomic E-state index is 14.4. The summed E-state index contributed by atoms with van der Waals surface area (Å²) in [6, 6.07) is 4.20. The van der Waals surface area contributed by atoms with E-state index in [-0.39, 0.29) is 35.0 Å². The molecule has 0 N–H and O–H groups in total. The zero-order valence-corrected chi connectivity index (χ0v) is 16.8. The predicted octanol–water partition coefficient (Wildman–Crippen LogP) is 6.75. The molecule has 0 bridgehead atoms. The normalized spacial score (nSPS) is 47.7. The lowest BCUT2D eigenvalue weighted by Gasteiger charge is -2.63. The number of pyridine rings is 1. The number of fused-ring (bicyclic) bond motifs is 5. The van der Waals surface area contributed by atoms with E-state index >= 15 is 0 Å². The van der Waals surface area contributed by atoms with Crippen LogP contribution in [0.25, 0.3) is 5.57 Å². The molecule has 5 rings (SSSR count). The van der Waals surface area contributed by atoms with Gasteiger partial charge in [0.05, 0.1) is 0 Å². The van der Waals surface area contributed by atoms with Crippen LogP contribution in [0.1, 0.15) is 71.3 Å². The van der Waals surface area contributed by atoms with Crippen molar-refractivity contribution in [2.45, 2.75) is 71.6 Å². The van der Waals surface area contributed by atoms with Crippen LogP contribution >= 0.6 is 0 Å². The minimum absolute atomic E-state index is 0.108. The summed E-state index contributed by atoms with van der Waals surface area (Å²) >= 11 is 0. The van der Waals surface area contributed by atoms with Gasteiger partial charge in [-0.05, 0) is 83.3 Å². The summed E-state index contributed by atoms with van der Waals surface area (Å²) in [6.07, 6.45) is 11.9. The fraction of sp³-hybridized carbons (Fsp3) is 0.708. The minimum Gasteiger partial charge on any atom is -0.264 e. The van der Waals surface area contributed by atoms with Crippen molar-refractivity contribution in [3.05, 3.63) is 36.2 Å². The number of alkyl halides is 2. The number of halogens is 2. The highest BCUT2D eigenvalue weighted by atomic mass is 19.3. The number of hydrogen-bond acceptors (Lipinski definition) is 1. The molecule has 0 amide bonds. The van der Waals surface area contributed by atoms with Gasteiger partial charge in [0.25, 0.3) is 0 Å². The Bertz CT molecular complexity index is 787. The molecule has 3 saturated carbocycles. The second-order valence-corrected chi connectivity index (χ2v) is 10.6. The molecule has 3 heteroatoms. The fourth-order valence-electron chi connectivity index (χ4n) is 8.33. The van der Waals surface area contributed by atoms with E-state index in [1.165, 1.54) is 11.1 Å². The first-order valence-electron chi connectivity index (χ1n) is 10.7. The molecule has 4 aliphatic carbocycles. The van der Waals surface area contributed by atoms with Gasteiger partial charge in [0.15, 0.2) is 0 Å². The summed E-state index contributed by atoms with van der Waals surface area (Å²) in [4.78, 5) is 4.34. The van der Waals surface area contributed by atoms with Gasteiger partial charge < -0.3 is 0 Å². The number of rotatable bonds is 1.